The zero-order valence-corrected chi connectivity index (χ0v) is 20.2. The van der Waals surface area contributed by atoms with Crippen LogP contribution >= 0.6 is 0 Å². The summed E-state index contributed by atoms with van der Waals surface area (Å²) in [5, 5.41) is 0. The summed E-state index contributed by atoms with van der Waals surface area (Å²) in [4.78, 5) is 0. The van der Waals surface area contributed by atoms with Crippen molar-refractivity contribution in [1.29, 1.82) is 0 Å². The van der Waals surface area contributed by atoms with E-state index in [-0.39, 0.29) is 0 Å². The fraction of sp³-hybridized carbons (Fsp3) is 0.923. The second kappa shape index (κ2) is 13.0. The molecule has 0 heterocycles. The highest BCUT2D eigenvalue weighted by Crippen LogP contribution is 2.39. The molecule has 0 aromatic rings. The van der Waals surface area contributed by atoms with Crippen LogP contribution in [0.5, 0.6) is 0 Å². The van der Waals surface area contributed by atoms with Crippen molar-refractivity contribution in [2.45, 2.75) is 108 Å². The maximum atomic E-state index is 2.68. The molecular weight excluding hydrogens is 312 g/mol. The third-order valence-corrected chi connectivity index (χ3v) is 7.14. The first-order chi connectivity index (χ1) is 12.1. The molecule has 0 aromatic heterocycles. The third kappa shape index (κ3) is 8.18. The highest BCUT2D eigenvalue weighted by Gasteiger charge is 2.30. The summed E-state index contributed by atoms with van der Waals surface area (Å²) in [5.74, 6) is 6.26. The van der Waals surface area contributed by atoms with Gasteiger partial charge in [0.2, 0.25) is 0 Å². The van der Waals surface area contributed by atoms with E-state index in [9.17, 15) is 0 Å². The maximum Gasteiger partial charge on any atom is -0.0147 e. The molecule has 5 atom stereocenters. The molecule has 0 saturated carbocycles. The number of rotatable bonds is 13. The molecule has 0 nitrogen and oxygen atoms in total. The van der Waals surface area contributed by atoms with E-state index in [1.807, 2.05) is 0 Å². The highest BCUT2D eigenvalue weighted by atomic mass is 14.3. The number of allylic oxidation sites excluding steroid dienone is 2. The van der Waals surface area contributed by atoms with Crippen LogP contribution in [-0.4, -0.2) is 0 Å². The van der Waals surface area contributed by atoms with Crippen molar-refractivity contribution in [3.63, 3.8) is 0 Å². The van der Waals surface area contributed by atoms with Crippen molar-refractivity contribution < 1.29 is 0 Å². The molecule has 0 heteroatoms. The Labute approximate surface area is 167 Å². The monoisotopic (exact) mass is 364 g/mol. The molecule has 0 saturated heterocycles. The zero-order valence-electron chi connectivity index (χ0n) is 20.2. The predicted molar refractivity (Wildman–Crippen MR) is 122 cm³/mol. The van der Waals surface area contributed by atoms with Crippen LogP contribution in [0, 0.1) is 47.3 Å². The first kappa shape index (κ1) is 25.7. The van der Waals surface area contributed by atoms with Crippen molar-refractivity contribution in [1.82, 2.24) is 0 Å². The fourth-order valence-corrected chi connectivity index (χ4v) is 4.92. The van der Waals surface area contributed by atoms with E-state index in [1.165, 1.54) is 32.1 Å². The quantitative estimate of drug-likeness (QED) is 0.286. The van der Waals surface area contributed by atoms with Gasteiger partial charge in [-0.05, 0) is 60.2 Å². The van der Waals surface area contributed by atoms with Crippen LogP contribution in [0.4, 0.5) is 0 Å². The molecular formula is C26H52. The molecule has 156 valence electrons. The molecule has 0 aliphatic rings. The minimum atomic E-state index is 0.666. The first-order valence-corrected chi connectivity index (χ1v) is 11.8. The van der Waals surface area contributed by atoms with E-state index < -0.39 is 0 Å². The van der Waals surface area contributed by atoms with Gasteiger partial charge in [0, 0.05) is 0 Å². The Balaban J connectivity index is 5.41. The second-order valence-corrected chi connectivity index (χ2v) is 10.1. The number of hydrogen-bond acceptors (Lipinski definition) is 0. The molecule has 0 aromatic carbocycles. The summed E-state index contributed by atoms with van der Waals surface area (Å²) < 4.78 is 0. The molecule has 26 heavy (non-hydrogen) atoms. The van der Waals surface area contributed by atoms with Gasteiger partial charge in [-0.2, -0.15) is 0 Å². The lowest BCUT2D eigenvalue weighted by atomic mass is 9.69. The van der Waals surface area contributed by atoms with Crippen molar-refractivity contribution in [3.8, 4) is 0 Å². The molecule has 0 fully saturated rings. The standard InChI is InChI=1S/C26H52/c1-12-21(10)22(11)17-23(13-2)15-16-25(19(6)7)26(20(8)9)24(14-3)18(4)5/h16,18-24,26H,12-15,17H2,1-11H3. The molecule has 0 aliphatic carbocycles. The summed E-state index contributed by atoms with van der Waals surface area (Å²) in [6, 6.07) is 0. The second-order valence-electron chi connectivity index (χ2n) is 10.1. The normalized spacial score (nSPS) is 19.1. The van der Waals surface area contributed by atoms with Crippen molar-refractivity contribution >= 4 is 0 Å². The largest absolute Gasteiger partial charge is 0.0845 e. The topological polar surface area (TPSA) is 0 Å². The van der Waals surface area contributed by atoms with E-state index >= 15 is 0 Å². The summed E-state index contributed by atoms with van der Waals surface area (Å²) in [5.41, 5.74) is 1.75. The maximum absolute atomic E-state index is 2.68. The molecule has 0 N–H and O–H groups in total. The van der Waals surface area contributed by atoms with E-state index in [1.54, 1.807) is 5.57 Å². The van der Waals surface area contributed by atoms with Crippen molar-refractivity contribution in [2.75, 3.05) is 0 Å². The van der Waals surface area contributed by atoms with Crippen LogP contribution in [0.25, 0.3) is 0 Å². The van der Waals surface area contributed by atoms with Crippen molar-refractivity contribution in [2.24, 2.45) is 47.3 Å². The van der Waals surface area contributed by atoms with Crippen LogP contribution < -0.4 is 0 Å². The first-order valence-electron chi connectivity index (χ1n) is 11.8. The predicted octanol–water partition coefficient (Wildman–Crippen LogP) is 9.01. The average molecular weight is 365 g/mol. The zero-order chi connectivity index (χ0) is 20.4. The van der Waals surface area contributed by atoms with Crippen LogP contribution in [-0.2, 0) is 0 Å². The van der Waals surface area contributed by atoms with E-state index in [0.717, 1.165) is 41.4 Å². The third-order valence-electron chi connectivity index (χ3n) is 7.14. The summed E-state index contributed by atoms with van der Waals surface area (Å²) in [7, 11) is 0. The Morgan fingerprint density at radius 2 is 1.27 bits per heavy atom. The summed E-state index contributed by atoms with van der Waals surface area (Å²) in [6.45, 7) is 26.6. The van der Waals surface area contributed by atoms with E-state index in [2.05, 4.69) is 82.2 Å². The Morgan fingerprint density at radius 1 is 0.692 bits per heavy atom. The Bertz CT molecular complexity index is 373. The molecule has 0 aliphatic heterocycles. The lowest BCUT2D eigenvalue weighted by Gasteiger charge is -2.36. The van der Waals surface area contributed by atoms with Crippen LogP contribution in [0.3, 0.4) is 0 Å². The van der Waals surface area contributed by atoms with Gasteiger partial charge in [0.05, 0.1) is 0 Å². The van der Waals surface area contributed by atoms with Gasteiger partial charge in [-0.1, -0.05) is 107 Å². The van der Waals surface area contributed by atoms with Crippen LogP contribution in [0.15, 0.2) is 11.6 Å². The number of hydrogen-bond donors (Lipinski definition) is 0. The lowest BCUT2D eigenvalue weighted by Crippen LogP contribution is -2.28. The fourth-order valence-electron chi connectivity index (χ4n) is 4.92. The molecule has 0 radical (unpaired) electrons. The van der Waals surface area contributed by atoms with Gasteiger partial charge >= 0.3 is 0 Å². The smallest absolute Gasteiger partial charge is 0.0147 e. The molecule has 0 spiro atoms. The van der Waals surface area contributed by atoms with Gasteiger partial charge < -0.3 is 0 Å². The van der Waals surface area contributed by atoms with Gasteiger partial charge in [0.1, 0.15) is 0 Å². The lowest BCUT2D eigenvalue weighted by molar-refractivity contribution is 0.211. The van der Waals surface area contributed by atoms with Gasteiger partial charge in [0.25, 0.3) is 0 Å². The van der Waals surface area contributed by atoms with Crippen LogP contribution in [0.2, 0.25) is 0 Å². The highest BCUT2D eigenvalue weighted by molar-refractivity contribution is 5.13. The van der Waals surface area contributed by atoms with Crippen LogP contribution in [0.1, 0.15) is 108 Å². The minimum absolute atomic E-state index is 0.666. The van der Waals surface area contributed by atoms with Crippen molar-refractivity contribution in [3.05, 3.63) is 11.6 Å². The Hall–Kier alpha value is -0.260. The molecule has 0 bridgehead atoms. The molecule has 5 unspecified atom stereocenters. The van der Waals surface area contributed by atoms with E-state index in [0.29, 0.717) is 5.92 Å². The van der Waals surface area contributed by atoms with E-state index in [4.69, 9.17) is 0 Å². The summed E-state index contributed by atoms with van der Waals surface area (Å²) >= 11 is 0. The van der Waals surface area contributed by atoms with Gasteiger partial charge in [-0.3, -0.25) is 0 Å². The van der Waals surface area contributed by atoms with Gasteiger partial charge in [0.15, 0.2) is 0 Å². The van der Waals surface area contributed by atoms with Gasteiger partial charge in [-0.15, -0.1) is 0 Å². The summed E-state index contributed by atoms with van der Waals surface area (Å²) in [6.07, 6.45) is 9.28. The average Bonchev–Trinajstić information content (AvgIpc) is 2.57. The molecule has 0 amide bonds. The SMILES string of the molecule is CCC(CC=C(C(C)C)C(C(C)C)C(CC)C(C)C)CC(C)C(C)CC. The Kier molecular flexibility index (Phi) is 12.9. The molecule has 0 rings (SSSR count). The minimum Gasteiger partial charge on any atom is -0.0845 e. The van der Waals surface area contributed by atoms with Gasteiger partial charge in [-0.25, -0.2) is 0 Å². The Morgan fingerprint density at radius 3 is 1.62 bits per heavy atom.